The van der Waals surface area contributed by atoms with Gasteiger partial charge in [-0.2, -0.15) is 0 Å². The van der Waals surface area contributed by atoms with Crippen LogP contribution < -0.4 is 4.74 Å². The summed E-state index contributed by atoms with van der Waals surface area (Å²) in [5, 5.41) is 0. The van der Waals surface area contributed by atoms with Crippen molar-refractivity contribution in [2.75, 3.05) is 13.2 Å². The molecule has 0 aliphatic carbocycles. The first kappa shape index (κ1) is 13.3. The summed E-state index contributed by atoms with van der Waals surface area (Å²) in [6.07, 6.45) is 1.52. The lowest BCUT2D eigenvalue weighted by Crippen LogP contribution is -2.23. The average molecular weight is 316 g/mol. The van der Waals surface area contributed by atoms with E-state index in [9.17, 15) is 4.79 Å². The minimum atomic E-state index is -0.514. The van der Waals surface area contributed by atoms with Gasteiger partial charge in [-0.05, 0) is 28.9 Å². The molecule has 0 spiro atoms. The van der Waals surface area contributed by atoms with Gasteiger partial charge in [0.2, 0.25) is 0 Å². The first-order chi connectivity index (χ1) is 8.69. The van der Waals surface area contributed by atoms with Crippen LogP contribution in [0.4, 0.5) is 0 Å². The Morgan fingerprint density at radius 2 is 2.50 bits per heavy atom. The molecule has 18 heavy (non-hydrogen) atoms. The van der Waals surface area contributed by atoms with E-state index in [-0.39, 0.29) is 12.1 Å². The lowest BCUT2D eigenvalue weighted by Gasteiger charge is -2.11. The van der Waals surface area contributed by atoms with E-state index in [0.29, 0.717) is 30.0 Å². The summed E-state index contributed by atoms with van der Waals surface area (Å²) in [5.41, 5.74) is 0. The highest BCUT2D eigenvalue weighted by Crippen LogP contribution is 2.22. The summed E-state index contributed by atoms with van der Waals surface area (Å²) < 4.78 is 16.7. The third-order valence-corrected chi connectivity index (χ3v) is 2.94. The number of aromatic nitrogens is 1. The van der Waals surface area contributed by atoms with Crippen molar-refractivity contribution in [2.45, 2.75) is 25.6 Å². The van der Waals surface area contributed by atoms with E-state index in [2.05, 4.69) is 20.9 Å². The minimum absolute atomic E-state index is 0.131. The molecular formula is C12H14BrNO4. The summed E-state index contributed by atoms with van der Waals surface area (Å²) in [6, 6.07) is 3.54. The molecule has 0 aromatic carbocycles. The van der Waals surface area contributed by atoms with Crippen LogP contribution in [0.1, 0.15) is 13.3 Å². The zero-order valence-corrected chi connectivity index (χ0v) is 11.6. The van der Waals surface area contributed by atoms with Gasteiger partial charge in [0, 0.05) is 18.7 Å². The van der Waals surface area contributed by atoms with Crippen LogP contribution in [0.2, 0.25) is 0 Å². The van der Waals surface area contributed by atoms with E-state index >= 15 is 0 Å². The molecular weight excluding hydrogens is 302 g/mol. The smallest absolute Gasteiger partial charge is 0.335 e. The number of ether oxygens (including phenoxy) is 3. The van der Waals surface area contributed by atoms with Gasteiger partial charge in [0.05, 0.1) is 13.2 Å². The molecule has 1 fully saturated rings. The molecule has 0 unspecified atom stereocenters. The summed E-state index contributed by atoms with van der Waals surface area (Å²) in [7, 11) is 0. The van der Waals surface area contributed by atoms with Gasteiger partial charge in [-0.25, -0.2) is 9.78 Å². The van der Waals surface area contributed by atoms with Gasteiger partial charge in [-0.15, -0.1) is 0 Å². The highest BCUT2D eigenvalue weighted by Gasteiger charge is 2.33. The predicted octanol–water partition coefficient (Wildman–Crippen LogP) is 1.94. The van der Waals surface area contributed by atoms with Crippen molar-refractivity contribution in [3.8, 4) is 5.75 Å². The lowest BCUT2D eigenvalue weighted by atomic mass is 10.2. The number of hydrogen-bond acceptors (Lipinski definition) is 5. The molecule has 0 radical (unpaired) electrons. The molecule has 0 bridgehead atoms. The van der Waals surface area contributed by atoms with Gasteiger partial charge in [0.1, 0.15) is 16.5 Å². The molecule has 0 amide bonds. The van der Waals surface area contributed by atoms with Crippen LogP contribution in [-0.4, -0.2) is 36.4 Å². The Balaban J connectivity index is 1.88. The molecule has 2 rings (SSSR count). The van der Waals surface area contributed by atoms with Crippen LogP contribution in [0.5, 0.6) is 5.75 Å². The maximum atomic E-state index is 11.5. The molecule has 0 N–H and O–H groups in total. The topological polar surface area (TPSA) is 57.7 Å². The maximum Gasteiger partial charge on any atom is 0.335 e. The van der Waals surface area contributed by atoms with Crippen molar-refractivity contribution >= 4 is 21.9 Å². The SMILES string of the molecule is CCOC(=O)[C@H]1C[C@H](Oc2ccnc(Br)c2)CO1. The molecule has 1 aliphatic rings. The molecule has 5 nitrogen and oxygen atoms in total. The fraction of sp³-hybridized carbons (Fsp3) is 0.500. The summed E-state index contributed by atoms with van der Waals surface area (Å²) in [4.78, 5) is 15.5. The van der Waals surface area contributed by atoms with Crippen LogP contribution in [-0.2, 0) is 14.3 Å². The summed E-state index contributed by atoms with van der Waals surface area (Å²) in [5.74, 6) is 0.384. The Hall–Kier alpha value is -1.14. The van der Waals surface area contributed by atoms with Crippen LogP contribution in [0, 0.1) is 0 Å². The van der Waals surface area contributed by atoms with Crippen LogP contribution in [0.25, 0.3) is 0 Å². The summed E-state index contributed by atoms with van der Waals surface area (Å²) in [6.45, 7) is 2.53. The largest absolute Gasteiger partial charge is 0.488 e. The van der Waals surface area contributed by atoms with Crippen molar-refractivity contribution in [3.05, 3.63) is 22.9 Å². The van der Waals surface area contributed by atoms with Crippen molar-refractivity contribution in [3.63, 3.8) is 0 Å². The molecule has 98 valence electrons. The second kappa shape index (κ2) is 6.15. The standard InChI is InChI=1S/C12H14BrNO4/c1-2-16-12(15)10-5-9(7-17-10)18-8-3-4-14-11(13)6-8/h3-4,6,9-10H,2,5,7H2,1H3/t9-,10+/m0/s1. The number of carbonyl (C=O) groups excluding carboxylic acids is 1. The Bertz CT molecular complexity index is 426. The highest BCUT2D eigenvalue weighted by atomic mass is 79.9. The number of halogens is 1. The third kappa shape index (κ3) is 3.43. The summed E-state index contributed by atoms with van der Waals surface area (Å²) >= 11 is 3.27. The monoisotopic (exact) mass is 315 g/mol. The molecule has 1 aromatic heterocycles. The van der Waals surface area contributed by atoms with Crippen molar-refractivity contribution in [2.24, 2.45) is 0 Å². The maximum absolute atomic E-state index is 11.5. The molecule has 1 aromatic rings. The van der Waals surface area contributed by atoms with Gasteiger partial charge < -0.3 is 14.2 Å². The van der Waals surface area contributed by atoms with Crippen LogP contribution in [0.15, 0.2) is 22.9 Å². The van der Waals surface area contributed by atoms with Crippen molar-refractivity contribution in [1.29, 1.82) is 0 Å². The molecule has 2 heterocycles. The molecule has 6 heteroatoms. The molecule has 1 aliphatic heterocycles. The Kier molecular flexibility index (Phi) is 4.54. The van der Waals surface area contributed by atoms with Crippen molar-refractivity contribution < 1.29 is 19.0 Å². The Labute approximate surface area is 114 Å². The Morgan fingerprint density at radius 1 is 1.67 bits per heavy atom. The van der Waals surface area contributed by atoms with E-state index in [0.717, 1.165) is 0 Å². The number of esters is 1. The second-order valence-electron chi connectivity index (χ2n) is 3.86. The van der Waals surface area contributed by atoms with E-state index in [1.165, 1.54) is 0 Å². The third-order valence-electron chi connectivity index (χ3n) is 2.51. The van der Waals surface area contributed by atoms with Gasteiger partial charge in [-0.1, -0.05) is 0 Å². The van der Waals surface area contributed by atoms with Crippen LogP contribution >= 0.6 is 15.9 Å². The van der Waals surface area contributed by atoms with Gasteiger partial charge in [0.25, 0.3) is 0 Å². The highest BCUT2D eigenvalue weighted by molar-refractivity contribution is 9.10. The van der Waals surface area contributed by atoms with E-state index in [4.69, 9.17) is 14.2 Å². The average Bonchev–Trinajstić information content (AvgIpc) is 2.78. The van der Waals surface area contributed by atoms with Crippen LogP contribution in [0.3, 0.4) is 0 Å². The lowest BCUT2D eigenvalue weighted by molar-refractivity contribution is -0.153. The van der Waals surface area contributed by atoms with Gasteiger partial charge in [-0.3, -0.25) is 0 Å². The van der Waals surface area contributed by atoms with Crippen molar-refractivity contribution in [1.82, 2.24) is 4.98 Å². The fourth-order valence-electron chi connectivity index (χ4n) is 1.73. The fourth-order valence-corrected chi connectivity index (χ4v) is 2.07. The normalized spacial score (nSPS) is 22.8. The quantitative estimate of drug-likeness (QED) is 0.628. The first-order valence-electron chi connectivity index (χ1n) is 5.75. The number of pyridine rings is 1. The Morgan fingerprint density at radius 3 is 3.22 bits per heavy atom. The number of hydrogen-bond donors (Lipinski definition) is 0. The number of carbonyl (C=O) groups is 1. The zero-order chi connectivity index (χ0) is 13.0. The van der Waals surface area contributed by atoms with E-state index < -0.39 is 6.10 Å². The number of nitrogens with zero attached hydrogens (tertiary/aromatic N) is 1. The van der Waals surface area contributed by atoms with E-state index in [1.54, 1.807) is 25.3 Å². The first-order valence-corrected chi connectivity index (χ1v) is 6.54. The zero-order valence-electron chi connectivity index (χ0n) is 9.97. The molecule has 2 atom stereocenters. The number of rotatable bonds is 4. The molecule has 0 saturated carbocycles. The van der Waals surface area contributed by atoms with E-state index in [1.807, 2.05) is 0 Å². The predicted molar refractivity (Wildman–Crippen MR) is 67.3 cm³/mol. The molecule has 1 saturated heterocycles. The van der Waals surface area contributed by atoms with Gasteiger partial charge in [0.15, 0.2) is 6.10 Å². The second-order valence-corrected chi connectivity index (χ2v) is 4.68. The minimum Gasteiger partial charge on any atom is -0.488 e. The van der Waals surface area contributed by atoms with Gasteiger partial charge >= 0.3 is 5.97 Å².